The van der Waals surface area contributed by atoms with E-state index in [-0.39, 0.29) is 10.8 Å². The molecule has 0 radical (unpaired) electrons. The fraction of sp³-hybridized carbons (Fsp3) is 0.250. The first-order chi connectivity index (χ1) is 12.9. The van der Waals surface area contributed by atoms with Gasteiger partial charge in [0.05, 0.1) is 10.5 Å². The highest BCUT2D eigenvalue weighted by Crippen LogP contribution is 2.27. The second-order valence-electron chi connectivity index (χ2n) is 6.29. The van der Waals surface area contributed by atoms with Crippen LogP contribution in [0.2, 0.25) is 0 Å². The standard InChI is InChI=1S/C20H21BrN2O3S/c1-2-12-23(16-8-4-3-5-9-16)20(24)18-15-17(10-11-19(18)21)27(25,26)22-13-6-7-14-22/h2-5,8-11,15H,1,6-7,12-14H2. The van der Waals surface area contributed by atoms with E-state index >= 15 is 0 Å². The van der Waals surface area contributed by atoms with Crippen molar-refractivity contribution in [1.29, 1.82) is 0 Å². The number of carbonyl (C=O) groups excluding carboxylic acids is 1. The van der Waals surface area contributed by atoms with E-state index < -0.39 is 10.0 Å². The number of rotatable bonds is 6. The molecule has 0 saturated carbocycles. The Hall–Kier alpha value is -1.96. The van der Waals surface area contributed by atoms with E-state index in [4.69, 9.17) is 0 Å². The minimum Gasteiger partial charge on any atom is -0.305 e. The Morgan fingerprint density at radius 2 is 1.81 bits per heavy atom. The minimum absolute atomic E-state index is 0.141. The quantitative estimate of drug-likeness (QED) is 0.625. The van der Waals surface area contributed by atoms with E-state index in [2.05, 4.69) is 22.5 Å². The van der Waals surface area contributed by atoms with Gasteiger partial charge in [-0.05, 0) is 59.1 Å². The molecule has 0 spiro atoms. The smallest absolute Gasteiger partial charge is 0.259 e. The Bertz CT molecular complexity index is 939. The maximum atomic E-state index is 13.2. The van der Waals surface area contributed by atoms with Gasteiger partial charge in [0.25, 0.3) is 5.91 Å². The van der Waals surface area contributed by atoms with Crippen molar-refractivity contribution in [1.82, 2.24) is 4.31 Å². The van der Waals surface area contributed by atoms with E-state index in [0.717, 1.165) is 18.5 Å². The van der Waals surface area contributed by atoms with Crippen LogP contribution in [0.5, 0.6) is 0 Å². The van der Waals surface area contributed by atoms with Gasteiger partial charge >= 0.3 is 0 Å². The van der Waals surface area contributed by atoms with Crippen molar-refractivity contribution in [3.8, 4) is 0 Å². The molecule has 1 saturated heterocycles. The van der Waals surface area contributed by atoms with E-state index in [1.807, 2.05) is 30.3 Å². The summed E-state index contributed by atoms with van der Waals surface area (Å²) in [6.45, 7) is 5.09. The molecule has 1 fully saturated rings. The lowest BCUT2D eigenvalue weighted by Crippen LogP contribution is -2.32. The Morgan fingerprint density at radius 3 is 2.44 bits per heavy atom. The Labute approximate surface area is 168 Å². The molecule has 2 aromatic rings. The van der Waals surface area contributed by atoms with Crippen molar-refractivity contribution in [2.45, 2.75) is 17.7 Å². The Morgan fingerprint density at radius 1 is 1.15 bits per heavy atom. The van der Waals surface area contributed by atoms with E-state index in [1.165, 1.54) is 16.4 Å². The zero-order valence-electron chi connectivity index (χ0n) is 14.8. The first kappa shape index (κ1) is 19.8. The van der Waals surface area contributed by atoms with E-state index in [0.29, 0.717) is 29.7 Å². The maximum absolute atomic E-state index is 13.2. The Balaban J connectivity index is 2.00. The zero-order valence-corrected chi connectivity index (χ0v) is 17.2. The third kappa shape index (κ3) is 4.15. The molecular formula is C20H21BrN2O3S. The van der Waals surface area contributed by atoms with Gasteiger partial charge in [-0.15, -0.1) is 6.58 Å². The second-order valence-corrected chi connectivity index (χ2v) is 9.09. The van der Waals surface area contributed by atoms with Crippen molar-refractivity contribution >= 4 is 37.5 Å². The van der Waals surface area contributed by atoms with Crippen molar-refractivity contribution < 1.29 is 13.2 Å². The Kier molecular flexibility index (Phi) is 6.14. The fourth-order valence-corrected chi connectivity index (χ4v) is 5.05. The van der Waals surface area contributed by atoms with Crippen LogP contribution in [0.1, 0.15) is 23.2 Å². The van der Waals surface area contributed by atoms with Crippen molar-refractivity contribution in [3.63, 3.8) is 0 Å². The second kappa shape index (κ2) is 8.37. The van der Waals surface area contributed by atoms with Crippen LogP contribution in [0.15, 0.2) is 70.6 Å². The van der Waals surface area contributed by atoms with Crippen LogP contribution >= 0.6 is 15.9 Å². The van der Waals surface area contributed by atoms with Crippen LogP contribution in [-0.2, 0) is 10.0 Å². The molecule has 0 atom stereocenters. The number of hydrogen-bond acceptors (Lipinski definition) is 3. The molecule has 0 bridgehead atoms. The molecule has 2 aromatic carbocycles. The van der Waals surface area contributed by atoms with Gasteiger partial charge in [-0.3, -0.25) is 4.79 Å². The lowest BCUT2D eigenvalue weighted by Gasteiger charge is -2.23. The van der Waals surface area contributed by atoms with Crippen molar-refractivity contribution in [3.05, 3.63) is 71.2 Å². The number of halogens is 1. The average molecular weight is 449 g/mol. The first-order valence-electron chi connectivity index (χ1n) is 8.72. The molecule has 0 aliphatic carbocycles. The first-order valence-corrected chi connectivity index (χ1v) is 11.0. The molecule has 1 amide bonds. The van der Waals surface area contributed by atoms with Crippen molar-refractivity contribution in [2.24, 2.45) is 0 Å². The largest absolute Gasteiger partial charge is 0.305 e. The van der Waals surface area contributed by atoms with Gasteiger partial charge in [-0.1, -0.05) is 24.3 Å². The summed E-state index contributed by atoms with van der Waals surface area (Å²) < 4.78 is 27.7. The summed E-state index contributed by atoms with van der Waals surface area (Å²) in [5.74, 6) is -0.286. The third-order valence-corrected chi connectivity index (χ3v) is 7.08. The molecular weight excluding hydrogens is 428 g/mol. The van der Waals surface area contributed by atoms with Gasteiger partial charge in [0.15, 0.2) is 0 Å². The number of para-hydroxylation sites is 1. The molecule has 1 aliphatic heterocycles. The number of carbonyl (C=O) groups is 1. The van der Waals surface area contributed by atoms with Crippen LogP contribution in [0.4, 0.5) is 5.69 Å². The summed E-state index contributed by atoms with van der Waals surface area (Å²) in [4.78, 5) is 14.9. The molecule has 0 unspecified atom stereocenters. The summed E-state index contributed by atoms with van der Waals surface area (Å²) in [6, 6.07) is 13.9. The van der Waals surface area contributed by atoms with E-state index in [1.54, 1.807) is 17.0 Å². The summed E-state index contributed by atoms with van der Waals surface area (Å²) in [5.41, 5.74) is 1.03. The minimum atomic E-state index is -3.59. The molecule has 5 nitrogen and oxygen atoms in total. The normalized spacial score (nSPS) is 14.9. The van der Waals surface area contributed by atoms with Crippen LogP contribution in [0.25, 0.3) is 0 Å². The maximum Gasteiger partial charge on any atom is 0.259 e. The number of anilines is 1. The lowest BCUT2D eigenvalue weighted by molar-refractivity contribution is 0.0989. The van der Waals surface area contributed by atoms with Gasteiger partial charge in [0.1, 0.15) is 0 Å². The SMILES string of the molecule is C=CCN(C(=O)c1cc(S(=O)(=O)N2CCCC2)ccc1Br)c1ccccc1. The van der Waals surface area contributed by atoms with Crippen LogP contribution < -0.4 is 4.90 Å². The van der Waals surface area contributed by atoms with Crippen LogP contribution in [0, 0.1) is 0 Å². The van der Waals surface area contributed by atoms with Gasteiger partial charge in [-0.2, -0.15) is 4.31 Å². The predicted molar refractivity (Wildman–Crippen MR) is 110 cm³/mol. The predicted octanol–water partition coefficient (Wildman–Crippen LogP) is 4.07. The average Bonchev–Trinajstić information content (AvgIpc) is 3.22. The number of nitrogens with zero attached hydrogens (tertiary/aromatic N) is 2. The lowest BCUT2D eigenvalue weighted by atomic mass is 10.1. The van der Waals surface area contributed by atoms with Crippen LogP contribution in [0.3, 0.4) is 0 Å². The number of hydrogen-bond donors (Lipinski definition) is 0. The summed E-state index contributed by atoms with van der Waals surface area (Å²) in [6.07, 6.45) is 3.37. The molecule has 3 rings (SSSR count). The fourth-order valence-electron chi connectivity index (χ4n) is 3.09. The summed E-state index contributed by atoms with van der Waals surface area (Å²) in [7, 11) is -3.59. The summed E-state index contributed by atoms with van der Waals surface area (Å²) in [5, 5.41) is 0. The molecule has 7 heteroatoms. The molecule has 1 aliphatic rings. The molecule has 0 N–H and O–H groups in total. The zero-order chi connectivity index (χ0) is 19.4. The highest BCUT2D eigenvalue weighted by molar-refractivity contribution is 9.10. The highest BCUT2D eigenvalue weighted by Gasteiger charge is 2.29. The third-order valence-electron chi connectivity index (χ3n) is 4.50. The molecule has 27 heavy (non-hydrogen) atoms. The molecule has 1 heterocycles. The van der Waals surface area contributed by atoms with Gasteiger partial charge in [0.2, 0.25) is 10.0 Å². The number of benzene rings is 2. The molecule has 142 valence electrons. The topological polar surface area (TPSA) is 57.7 Å². The number of sulfonamides is 1. The van der Waals surface area contributed by atoms with Gasteiger partial charge < -0.3 is 4.90 Å². The molecule has 0 aromatic heterocycles. The number of amides is 1. The monoisotopic (exact) mass is 448 g/mol. The van der Waals surface area contributed by atoms with Gasteiger partial charge in [0, 0.05) is 29.8 Å². The van der Waals surface area contributed by atoms with Crippen LogP contribution in [-0.4, -0.2) is 38.3 Å². The van der Waals surface area contributed by atoms with Gasteiger partial charge in [-0.25, -0.2) is 8.42 Å². The summed E-state index contributed by atoms with van der Waals surface area (Å²) >= 11 is 3.39. The van der Waals surface area contributed by atoms with E-state index in [9.17, 15) is 13.2 Å². The van der Waals surface area contributed by atoms with Crippen molar-refractivity contribution in [2.75, 3.05) is 24.5 Å². The highest BCUT2D eigenvalue weighted by atomic mass is 79.9.